The minimum absolute atomic E-state index is 0. The molecule has 5 heteroatoms. The van der Waals surface area contributed by atoms with Gasteiger partial charge in [-0.3, -0.25) is 4.57 Å². The van der Waals surface area contributed by atoms with E-state index in [-0.39, 0.29) is 41.1 Å². The smallest absolute Gasteiger partial charge is 0.262 e. The van der Waals surface area contributed by atoms with Crippen LogP contribution in [0.4, 0.5) is 0 Å². The average molecular weight is 410 g/mol. The molecule has 0 bridgehead atoms. The summed E-state index contributed by atoms with van der Waals surface area (Å²) in [6.45, 7) is 2.08. The molecule has 0 saturated heterocycles. The minimum Gasteiger partial charge on any atom is -0.262 e. The Bertz CT molecular complexity index is 1050. The van der Waals surface area contributed by atoms with Crippen molar-refractivity contribution in [3.63, 3.8) is 0 Å². The second-order valence-corrected chi connectivity index (χ2v) is 5.88. The predicted molar refractivity (Wildman–Crippen MR) is 99.7 cm³/mol. The Hall–Kier alpha value is -1.90. The first-order chi connectivity index (χ1) is 11.7. The Balaban J connectivity index is 0.00000121. The first-order valence-corrected chi connectivity index (χ1v) is 7.83. The minimum atomic E-state index is 0. The van der Waals surface area contributed by atoms with Crippen molar-refractivity contribution in [1.82, 2.24) is 10.2 Å². The Morgan fingerprint density at radius 3 is 2.50 bits per heavy atom. The average Bonchev–Trinajstić information content (AvgIpc) is 2.62. The van der Waals surface area contributed by atoms with Gasteiger partial charge in [0, 0.05) is 41.1 Å². The number of hydrogen-bond acceptors (Lipinski definition) is 2. The van der Waals surface area contributed by atoms with Crippen LogP contribution in [-0.2, 0) is 39.8 Å². The van der Waals surface area contributed by atoms with Gasteiger partial charge >= 0.3 is 6.33 Å². The summed E-state index contributed by atoms with van der Waals surface area (Å²) in [4.78, 5) is 0. The summed E-state index contributed by atoms with van der Waals surface area (Å²) in [5.41, 5.74) is 5.25. The van der Waals surface area contributed by atoms with Gasteiger partial charge in [-0.15, -0.1) is 28.5 Å². The molecule has 0 saturated carbocycles. The van der Waals surface area contributed by atoms with Crippen molar-refractivity contribution in [2.75, 3.05) is 0 Å². The number of benzene rings is 3. The summed E-state index contributed by atoms with van der Waals surface area (Å²) >= 11 is 0. The zero-order valence-electron chi connectivity index (χ0n) is 14.8. The largest absolute Gasteiger partial charge is 0.308 e. The van der Waals surface area contributed by atoms with Crippen LogP contribution in [0.3, 0.4) is 0 Å². The topological polar surface area (TPSA) is 29.7 Å². The van der Waals surface area contributed by atoms with Gasteiger partial charge in [-0.1, -0.05) is 36.8 Å². The van der Waals surface area contributed by atoms with Crippen molar-refractivity contribution in [3.8, 4) is 22.4 Å². The molecular weight excluding hydrogens is 394 g/mol. The Morgan fingerprint density at radius 2 is 1.73 bits per heavy atom. The second kappa shape index (κ2) is 8.66. The van der Waals surface area contributed by atoms with Crippen LogP contribution in [0.2, 0.25) is 0 Å². The molecule has 3 nitrogen and oxygen atoms in total. The van der Waals surface area contributed by atoms with Gasteiger partial charge in [-0.05, 0) is 5.10 Å². The summed E-state index contributed by atoms with van der Waals surface area (Å²) in [7, 11) is 1.96. The van der Waals surface area contributed by atoms with Crippen LogP contribution in [0.15, 0.2) is 61.1 Å². The fraction of sp³-hybridized carbons (Fsp3) is 0.0952. The van der Waals surface area contributed by atoms with Gasteiger partial charge in [0.2, 0.25) is 0 Å². The van der Waals surface area contributed by atoms with Crippen LogP contribution < -0.4 is 4.57 Å². The Kier molecular flexibility index (Phi) is 6.80. The van der Waals surface area contributed by atoms with Crippen molar-refractivity contribution in [2.24, 2.45) is 7.05 Å². The number of rotatable bonds is 2. The molecule has 0 fully saturated rings. The van der Waals surface area contributed by atoms with Crippen LogP contribution >= 0.6 is 0 Å². The van der Waals surface area contributed by atoms with Crippen molar-refractivity contribution >= 4 is 19.2 Å². The van der Waals surface area contributed by atoms with E-state index in [4.69, 9.17) is 0 Å². The summed E-state index contributed by atoms with van der Waals surface area (Å²) in [6.07, 6.45) is 3.48. The van der Waals surface area contributed by atoms with E-state index >= 15 is 0 Å². The molecule has 4 rings (SSSR count). The van der Waals surface area contributed by atoms with Crippen molar-refractivity contribution in [1.29, 1.82) is 0 Å². The maximum Gasteiger partial charge on any atom is 0.308 e. The molecule has 4 radical (unpaired) electrons. The molecule has 0 unspecified atom stereocenters. The molecular formula is C21H16BN3Y-. The Labute approximate surface area is 181 Å². The number of fused-ring (bicyclic) bond motifs is 1. The van der Waals surface area contributed by atoms with Crippen molar-refractivity contribution < 1.29 is 37.3 Å². The van der Waals surface area contributed by atoms with E-state index in [1.807, 2.05) is 23.7 Å². The maximum atomic E-state index is 4.01. The standard InChI is InChI=1S/C21H16N3.B.Y/c1-15-7-8-19(12-20(15)21-13-22-23-14-24(21)2)18-10-9-16-5-3-4-6-17(16)11-18;;/h3-9,11,13-14H,1-2H3;;/q-1;;. The molecule has 0 aliphatic heterocycles. The fourth-order valence-corrected chi connectivity index (χ4v) is 2.86. The molecule has 26 heavy (non-hydrogen) atoms. The summed E-state index contributed by atoms with van der Waals surface area (Å²) in [6, 6.07) is 23.6. The third kappa shape index (κ3) is 3.92. The molecule has 0 N–H and O–H groups in total. The summed E-state index contributed by atoms with van der Waals surface area (Å²) < 4.78 is 1.96. The van der Waals surface area contributed by atoms with Crippen LogP contribution in [0, 0.1) is 19.1 Å². The normalized spacial score (nSPS) is 10.1. The van der Waals surface area contributed by atoms with Gasteiger partial charge < -0.3 is 0 Å². The van der Waals surface area contributed by atoms with Gasteiger partial charge in [-0.25, -0.2) is 5.56 Å². The van der Waals surface area contributed by atoms with Crippen LogP contribution in [0.25, 0.3) is 33.2 Å². The zero-order chi connectivity index (χ0) is 16.5. The fourth-order valence-electron chi connectivity index (χ4n) is 2.86. The first kappa shape index (κ1) is 20.4. The predicted octanol–water partition coefficient (Wildman–Crippen LogP) is 3.31. The van der Waals surface area contributed by atoms with E-state index in [1.54, 1.807) is 12.5 Å². The quantitative estimate of drug-likeness (QED) is 0.289. The van der Waals surface area contributed by atoms with Crippen LogP contribution in [0.1, 0.15) is 5.56 Å². The van der Waals surface area contributed by atoms with E-state index in [2.05, 4.69) is 65.7 Å². The number of aryl methyl sites for hydroxylation is 2. The van der Waals surface area contributed by atoms with Gasteiger partial charge in [0.15, 0.2) is 0 Å². The van der Waals surface area contributed by atoms with E-state index in [0.717, 1.165) is 27.9 Å². The van der Waals surface area contributed by atoms with Crippen LogP contribution in [0.5, 0.6) is 0 Å². The molecule has 1 aromatic heterocycles. The van der Waals surface area contributed by atoms with Gasteiger partial charge in [0.1, 0.15) is 0 Å². The third-order valence-electron chi connectivity index (χ3n) is 4.23. The maximum absolute atomic E-state index is 4.01. The van der Waals surface area contributed by atoms with E-state index < -0.39 is 0 Å². The Morgan fingerprint density at radius 1 is 0.962 bits per heavy atom. The number of aromatic nitrogens is 3. The molecule has 0 aliphatic rings. The van der Waals surface area contributed by atoms with Crippen LogP contribution in [-0.4, -0.2) is 18.6 Å². The molecule has 0 aliphatic carbocycles. The summed E-state index contributed by atoms with van der Waals surface area (Å²) in [5.74, 6) is 0. The summed E-state index contributed by atoms with van der Waals surface area (Å²) in [5, 5.41) is 10.3. The van der Waals surface area contributed by atoms with E-state index in [1.165, 1.54) is 10.8 Å². The van der Waals surface area contributed by atoms with Crippen molar-refractivity contribution in [3.05, 3.63) is 78.8 Å². The number of hydrogen-bond donors (Lipinski definition) is 0. The van der Waals surface area contributed by atoms with E-state index in [0.29, 0.717) is 0 Å². The van der Waals surface area contributed by atoms with E-state index in [9.17, 15) is 0 Å². The third-order valence-corrected chi connectivity index (χ3v) is 4.23. The molecule has 0 atom stereocenters. The van der Waals surface area contributed by atoms with Gasteiger partial charge in [0.25, 0.3) is 0 Å². The zero-order valence-corrected chi connectivity index (χ0v) is 17.6. The monoisotopic (exact) mass is 410 g/mol. The molecule has 1 heterocycles. The molecule has 0 amide bonds. The van der Waals surface area contributed by atoms with Crippen molar-refractivity contribution in [2.45, 2.75) is 6.92 Å². The molecule has 4 aromatic rings. The number of nitrogens with zero attached hydrogens (tertiary/aromatic N) is 3. The van der Waals surface area contributed by atoms with Gasteiger partial charge in [0.05, 0.1) is 24.0 Å². The first-order valence-electron chi connectivity index (χ1n) is 7.83. The van der Waals surface area contributed by atoms with Gasteiger partial charge in [-0.2, -0.15) is 29.8 Å². The second-order valence-electron chi connectivity index (χ2n) is 5.88. The molecule has 122 valence electrons. The SMILES string of the molecule is Cc1ccc(-c2[c-]cc3ccccc3c2)[c-]c1-c1cnnc[n+]1C.[B].[Y]. The molecule has 3 aromatic carbocycles. The molecule has 0 spiro atoms.